The van der Waals surface area contributed by atoms with Gasteiger partial charge in [0, 0.05) is 0 Å². The SMILES string of the molecule is CC(C)C(O)COP(=O)(O)O. The topological polar surface area (TPSA) is 87.0 Å². The van der Waals surface area contributed by atoms with E-state index < -0.39 is 13.9 Å². The van der Waals surface area contributed by atoms with Crippen molar-refractivity contribution in [1.29, 1.82) is 0 Å². The zero-order valence-electron chi connectivity index (χ0n) is 6.47. The van der Waals surface area contributed by atoms with Crippen molar-refractivity contribution < 1.29 is 24.0 Å². The van der Waals surface area contributed by atoms with Gasteiger partial charge in [-0.15, -0.1) is 0 Å². The standard InChI is InChI=1S/C5H13O5P/c1-4(2)5(6)3-10-11(7,8)9/h4-6H,3H2,1-2H3,(H2,7,8,9). The van der Waals surface area contributed by atoms with Crippen LogP contribution in [0.3, 0.4) is 0 Å². The number of phosphoric acid groups is 1. The van der Waals surface area contributed by atoms with Crippen LogP contribution in [0.15, 0.2) is 0 Å². The summed E-state index contributed by atoms with van der Waals surface area (Å²) in [6, 6.07) is 0. The van der Waals surface area contributed by atoms with Crippen molar-refractivity contribution in [3.8, 4) is 0 Å². The van der Waals surface area contributed by atoms with Crippen molar-refractivity contribution in [1.82, 2.24) is 0 Å². The molecule has 0 aromatic rings. The van der Waals surface area contributed by atoms with E-state index in [1.165, 1.54) is 0 Å². The van der Waals surface area contributed by atoms with Crippen molar-refractivity contribution in [3.63, 3.8) is 0 Å². The molecule has 5 nitrogen and oxygen atoms in total. The Labute approximate surface area is 65.2 Å². The van der Waals surface area contributed by atoms with Crippen molar-refractivity contribution in [2.24, 2.45) is 5.92 Å². The third-order valence-electron chi connectivity index (χ3n) is 1.18. The fraction of sp³-hybridized carbons (Fsp3) is 1.00. The van der Waals surface area contributed by atoms with Crippen LogP contribution in [0.4, 0.5) is 0 Å². The van der Waals surface area contributed by atoms with E-state index >= 15 is 0 Å². The van der Waals surface area contributed by atoms with Crippen molar-refractivity contribution in [2.45, 2.75) is 20.0 Å². The lowest BCUT2D eigenvalue weighted by Crippen LogP contribution is -2.20. The molecule has 0 amide bonds. The van der Waals surface area contributed by atoms with Crippen LogP contribution in [-0.4, -0.2) is 27.6 Å². The molecule has 0 aliphatic heterocycles. The molecule has 0 saturated heterocycles. The first-order chi connectivity index (χ1) is 4.83. The Morgan fingerprint density at radius 2 is 1.91 bits per heavy atom. The van der Waals surface area contributed by atoms with Gasteiger partial charge < -0.3 is 14.9 Å². The van der Waals surface area contributed by atoms with Gasteiger partial charge in [0.05, 0.1) is 12.7 Å². The van der Waals surface area contributed by atoms with Gasteiger partial charge in [-0.05, 0) is 5.92 Å². The Bertz CT molecular complexity index is 151. The Morgan fingerprint density at radius 1 is 1.45 bits per heavy atom. The predicted molar refractivity (Wildman–Crippen MR) is 38.8 cm³/mol. The Balaban J connectivity index is 3.63. The molecule has 1 unspecified atom stereocenters. The van der Waals surface area contributed by atoms with Crippen LogP contribution in [0.25, 0.3) is 0 Å². The lowest BCUT2D eigenvalue weighted by atomic mass is 10.1. The van der Waals surface area contributed by atoms with Crippen molar-refractivity contribution in [3.05, 3.63) is 0 Å². The third-order valence-corrected chi connectivity index (χ3v) is 1.67. The highest BCUT2D eigenvalue weighted by atomic mass is 31.2. The van der Waals surface area contributed by atoms with Gasteiger partial charge in [0.1, 0.15) is 0 Å². The summed E-state index contributed by atoms with van der Waals surface area (Å²) in [4.78, 5) is 16.5. The normalized spacial score (nSPS) is 15.5. The smallest absolute Gasteiger partial charge is 0.390 e. The van der Waals surface area contributed by atoms with Gasteiger partial charge >= 0.3 is 7.82 Å². The van der Waals surface area contributed by atoms with Crippen LogP contribution in [0.5, 0.6) is 0 Å². The zero-order valence-corrected chi connectivity index (χ0v) is 7.36. The molecule has 0 radical (unpaired) electrons. The average Bonchev–Trinajstić information content (AvgIpc) is 1.80. The highest BCUT2D eigenvalue weighted by Crippen LogP contribution is 2.35. The summed E-state index contributed by atoms with van der Waals surface area (Å²) in [6.45, 7) is 3.13. The van der Waals surface area contributed by atoms with Crippen LogP contribution >= 0.6 is 7.82 Å². The molecule has 68 valence electrons. The van der Waals surface area contributed by atoms with Gasteiger partial charge in [0.15, 0.2) is 0 Å². The van der Waals surface area contributed by atoms with Gasteiger partial charge in [-0.25, -0.2) is 4.57 Å². The number of hydrogen-bond donors (Lipinski definition) is 3. The van der Waals surface area contributed by atoms with E-state index in [4.69, 9.17) is 14.9 Å². The maximum absolute atomic E-state index is 10.1. The second-order valence-corrected chi connectivity index (χ2v) is 3.84. The van der Waals surface area contributed by atoms with Gasteiger partial charge in [0.2, 0.25) is 0 Å². The summed E-state index contributed by atoms with van der Waals surface area (Å²) in [6.07, 6.45) is -0.831. The van der Waals surface area contributed by atoms with Gasteiger partial charge in [-0.3, -0.25) is 4.52 Å². The molecular weight excluding hydrogens is 171 g/mol. The molecule has 3 N–H and O–H groups in total. The van der Waals surface area contributed by atoms with Crippen molar-refractivity contribution in [2.75, 3.05) is 6.61 Å². The lowest BCUT2D eigenvalue weighted by molar-refractivity contribution is 0.0546. The minimum Gasteiger partial charge on any atom is -0.390 e. The summed E-state index contributed by atoms with van der Waals surface area (Å²) >= 11 is 0. The molecule has 0 fully saturated rings. The van der Waals surface area contributed by atoms with E-state index in [1.807, 2.05) is 0 Å². The Morgan fingerprint density at radius 3 is 2.18 bits per heavy atom. The predicted octanol–water partition coefficient (Wildman–Crippen LogP) is 0.113. The second kappa shape index (κ2) is 4.18. The number of aliphatic hydroxyl groups is 1. The van der Waals surface area contributed by atoms with Crippen LogP contribution in [0.1, 0.15) is 13.8 Å². The molecule has 0 aliphatic carbocycles. The lowest BCUT2D eigenvalue weighted by Gasteiger charge is -2.14. The zero-order chi connectivity index (χ0) is 9.07. The molecule has 1 atom stereocenters. The molecule has 0 rings (SSSR count). The van der Waals surface area contributed by atoms with E-state index in [-0.39, 0.29) is 12.5 Å². The Hall–Kier alpha value is 0.0700. The van der Waals surface area contributed by atoms with Gasteiger partial charge in [-0.1, -0.05) is 13.8 Å². The number of phosphoric ester groups is 1. The van der Waals surface area contributed by atoms with E-state index in [0.29, 0.717) is 0 Å². The van der Waals surface area contributed by atoms with Crippen molar-refractivity contribution >= 4 is 7.82 Å². The van der Waals surface area contributed by atoms with Crippen LogP contribution < -0.4 is 0 Å². The van der Waals surface area contributed by atoms with E-state index in [1.54, 1.807) is 13.8 Å². The molecule has 0 aromatic heterocycles. The van der Waals surface area contributed by atoms with Crippen LogP contribution in [-0.2, 0) is 9.09 Å². The number of aliphatic hydroxyl groups excluding tert-OH is 1. The first-order valence-electron chi connectivity index (χ1n) is 3.21. The third kappa shape index (κ3) is 6.47. The monoisotopic (exact) mass is 184 g/mol. The summed E-state index contributed by atoms with van der Waals surface area (Å²) in [5.41, 5.74) is 0. The fourth-order valence-corrected chi connectivity index (χ4v) is 0.713. The van der Waals surface area contributed by atoms with Gasteiger partial charge in [-0.2, -0.15) is 0 Å². The molecular formula is C5H13O5P. The quantitative estimate of drug-likeness (QED) is 0.540. The van der Waals surface area contributed by atoms with E-state index in [9.17, 15) is 4.57 Å². The van der Waals surface area contributed by atoms with Crippen LogP contribution in [0.2, 0.25) is 0 Å². The average molecular weight is 184 g/mol. The minimum absolute atomic E-state index is 0.0680. The molecule has 0 spiro atoms. The van der Waals surface area contributed by atoms with E-state index in [0.717, 1.165) is 0 Å². The molecule has 11 heavy (non-hydrogen) atoms. The Kier molecular flexibility index (Phi) is 4.21. The summed E-state index contributed by atoms with van der Waals surface area (Å²) in [5, 5.41) is 9.02. The fourth-order valence-electron chi connectivity index (χ4n) is 0.366. The molecule has 0 aliphatic rings. The maximum Gasteiger partial charge on any atom is 0.469 e. The molecule has 6 heteroatoms. The van der Waals surface area contributed by atoms with E-state index in [2.05, 4.69) is 4.52 Å². The summed E-state index contributed by atoms with van der Waals surface area (Å²) in [7, 11) is -4.42. The minimum atomic E-state index is -4.42. The van der Waals surface area contributed by atoms with Crippen LogP contribution in [0, 0.1) is 5.92 Å². The summed E-state index contributed by atoms with van der Waals surface area (Å²) in [5.74, 6) is -0.0680. The number of hydrogen-bond acceptors (Lipinski definition) is 3. The number of rotatable bonds is 4. The molecule has 0 saturated carbocycles. The molecule has 0 bridgehead atoms. The molecule has 0 heterocycles. The largest absolute Gasteiger partial charge is 0.469 e. The summed E-state index contributed by atoms with van der Waals surface area (Å²) < 4.78 is 14.2. The maximum atomic E-state index is 10.1. The second-order valence-electron chi connectivity index (χ2n) is 2.60. The highest BCUT2D eigenvalue weighted by Gasteiger charge is 2.18. The molecule has 0 aromatic carbocycles. The first kappa shape index (κ1) is 11.1. The van der Waals surface area contributed by atoms with Gasteiger partial charge in [0.25, 0.3) is 0 Å². The highest BCUT2D eigenvalue weighted by molar-refractivity contribution is 7.46. The first-order valence-corrected chi connectivity index (χ1v) is 4.74.